The standard InChI is InChI=1S/C34H48N4O5/c1-6-8-9-10-14-25-38-31(39)30(35-36(5)33(38)41)37(24-15-18-27-16-12-11-13-17-27)26-23-28-19-21-29(22-20-28)43-34(3,4)32(40)42-7-2/h11-13,16-17,19-22H,6-10,14-15,18,23-26H2,1-5H3. The number of nitrogens with zero attached hydrogens (tertiary/aromatic N) is 4. The molecule has 0 bridgehead atoms. The molecule has 0 fully saturated rings. The number of hydrogen-bond donors (Lipinski definition) is 0. The lowest BCUT2D eigenvalue weighted by Crippen LogP contribution is -2.45. The van der Waals surface area contributed by atoms with E-state index < -0.39 is 11.6 Å². The van der Waals surface area contributed by atoms with Crippen LogP contribution in [0.15, 0.2) is 64.2 Å². The molecule has 0 atom stereocenters. The van der Waals surface area contributed by atoms with E-state index in [4.69, 9.17) is 9.47 Å². The SMILES string of the molecule is CCCCCCCn1c(=O)c(N(CCCc2ccccc2)CCc2ccc(OC(C)(C)C(=O)OCC)cc2)nn(C)c1=O. The molecule has 9 heteroatoms. The summed E-state index contributed by atoms with van der Waals surface area (Å²) < 4.78 is 13.6. The van der Waals surface area contributed by atoms with Crippen LogP contribution in [0.3, 0.4) is 0 Å². The largest absolute Gasteiger partial charge is 0.476 e. The molecule has 1 aromatic heterocycles. The average molecular weight is 593 g/mol. The first kappa shape index (κ1) is 33.6. The van der Waals surface area contributed by atoms with E-state index in [9.17, 15) is 14.4 Å². The van der Waals surface area contributed by atoms with Crippen molar-refractivity contribution in [1.82, 2.24) is 14.3 Å². The fourth-order valence-electron chi connectivity index (χ4n) is 4.95. The molecule has 0 unspecified atom stereocenters. The zero-order chi connectivity index (χ0) is 31.2. The summed E-state index contributed by atoms with van der Waals surface area (Å²) in [6, 6.07) is 17.9. The number of benzene rings is 2. The van der Waals surface area contributed by atoms with Crippen molar-refractivity contribution in [2.24, 2.45) is 7.05 Å². The summed E-state index contributed by atoms with van der Waals surface area (Å²) in [5.41, 5.74) is 0.480. The van der Waals surface area contributed by atoms with Crippen LogP contribution in [0, 0.1) is 0 Å². The molecule has 0 spiro atoms. The Morgan fingerprint density at radius 1 is 0.860 bits per heavy atom. The first-order valence-electron chi connectivity index (χ1n) is 15.6. The van der Waals surface area contributed by atoms with Gasteiger partial charge < -0.3 is 14.4 Å². The predicted octanol–water partition coefficient (Wildman–Crippen LogP) is 5.31. The average Bonchev–Trinajstić information content (AvgIpc) is 2.99. The third kappa shape index (κ3) is 10.1. The first-order chi connectivity index (χ1) is 20.7. The minimum absolute atomic E-state index is 0.293. The highest BCUT2D eigenvalue weighted by atomic mass is 16.6. The summed E-state index contributed by atoms with van der Waals surface area (Å²) in [5, 5.41) is 4.45. The lowest BCUT2D eigenvalue weighted by molar-refractivity contribution is -0.158. The van der Waals surface area contributed by atoms with Gasteiger partial charge in [0.25, 0.3) is 5.56 Å². The Labute approximate surface area is 255 Å². The smallest absolute Gasteiger partial charge is 0.349 e. The molecule has 43 heavy (non-hydrogen) atoms. The van der Waals surface area contributed by atoms with Crippen LogP contribution in [0.25, 0.3) is 0 Å². The van der Waals surface area contributed by atoms with Gasteiger partial charge in [-0.3, -0.25) is 9.36 Å². The second-order valence-corrected chi connectivity index (χ2v) is 11.4. The van der Waals surface area contributed by atoms with Gasteiger partial charge >= 0.3 is 11.7 Å². The van der Waals surface area contributed by atoms with E-state index in [1.165, 1.54) is 14.8 Å². The lowest BCUT2D eigenvalue weighted by atomic mass is 10.1. The van der Waals surface area contributed by atoms with Crippen LogP contribution in [0.4, 0.5) is 5.82 Å². The molecule has 0 aliphatic heterocycles. The summed E-state index contributed by atoms with van der Waals surface area (Å²) in [4.78, 5) is 40.7. The Bertz CT molecular complexity index is 1400. The molecule has 3 aromatic rings. The maximum absolute atomic E-state index is 13.6. The van der Waals surface area contributed by atoms with Gasteiger partial charge in [0, 0.05) is 26.7 Å². The van der Waals surface area contributed by atoms with Gasteiger partial charge in [-0.2, -0.15) is 0 Å². The molecule has 0 saturated heterocycles. The van der Waals surface area contributed by atoms with Gasteiger partial charge in [0.15, 0.2) is 5.60 Å². The molecule has 3 rings (SSSR count). The molecule has 9 nitrogen and oxygen atoms in total. The number of aromatic nitrogens is 3. The van der Waals surface area contributed by atoms with E-state index in [1.807, 2.05) is 47.4 Å². The molecule has 1 heterocycles. The van der Waals surface area contributed by atoms with Gasteiger partial charge in [-0.15, -0.1) is 5.10 Å². The van der Waals surface area contributed by atoms with Crippen LogP contribution >= 0.6 is 0 Å². The van der Waals surface area contributed by atoms with E-state index in [2.05, 4.69) is 24.2 Å². The number of hydrogen-bond acceptors (Lipinski definition) is 7. The summed E-state index contributed by atoms with van der Waals surface area (Å²) in [5.74, 6) is 0.463. The molecular weight excluding hydrogens is 544 g/mol. The molecule has 0 aliphatic rings. The van der Waals surface area contributed by atoms with Crippen molar-refractivity contribution in [2.45, 2.75) is 91.2 Å². The van der Waals surface area contributed by atoms with Gasteiger partial charge in [0.1, 0.15) is 5.75 Å². The number of esters is 1. The molecule has 0 saturated carbocycles. The highest BCUT2D eigenvalue weighted by Gasteiger charge is 2.31. The van der Waals surface area contributed by atoms with Crippen molar-refractivity contribution in [3.63, 3.8) is 0 Å². The van der Waals surface area contributed by atoms with Gasteiger partial charge in [-0.25, -0.2) is 14.3 Å². The topological polar surface area (TPSA) is 95.7 Å². The number of rotatable bonds is 18. The van der Waals surface area contributed by atoms with Gasteiger partial charge in [0.2, 0.25) is 5.82 Å². The number of aryl methyl sites for hydroxylation is 2. The Kier molecular flexibility index (Phi) is 13.0. The van der Waals surface area contributed by atoms with Crippen molar-refractivity contribution in [3.05, 3.63) is 86.6 Å². The number of unbranched alkanes of at least 4 members (excludes halogenated alkanes) is 4. The van der Waals surface area contributed by atoms with Crippen molar-refractivity contribution in [3.8, 4) is 5.75 Å². The second kappa shape index (κ2) is 16.7. The minimum Gasteiger partial charge on any atom is -0.476 e. The zero-order valence-corrected chi connectivity index (χ0v) is 26.5. The summed E-state index contributed by atoms with van der Waals surface area (Å²) in [6.07, 6.45) is 7.53. The Balaban J connectivity index is 1.77. The maximum Gasteiger partial charge on any atom is 0.349 e. The van der Waals surface area contributed by atoms with Crippen LogP contribution in [0.1, 0.15) is 77.3 Å². The summed E-state index contributed by atoms with van der Waals surface area (Å²) in [6.45, 7) is 9.17. The van der Waals surface area contributed by atoms with Gasteiger partial charge in [-0.05, 0) is 69.7 Å². The summed E-state index contributed by atoms with van der Waals surface area (Å²) >= 11 is 0. The van der Waals surface area contributed by atoms with Crippen LogP contribution in [0.5, 0.6) is 5.75 Å². The monoisotopic (exact) mass is 592 g/mol. The van der Waals surface area contributed by atoms with Crippen LogP contribution in [-0.2, 0) is 36.0 Å². The lowest BCUT2D eigenvalue weighted by Gasteiger charge is -2.25. The molecule has 0 amide bonds. The van der Waals surface area contributed by atoms with Crippen molar-refractivity contribution >= 4 is 11.8 Å². The molecule has 0 aliphatic carbocycles. The highest BCUT2D eigenvalue weighted by molar-refractivity contribution is 5.79. The van der Waals surface area contributed by atoms with E-state index in [0.29, 0.717) is 44.2 Å². The predicted molar refractivity (Wildman–Crippen MR) is 171 cm³/mol. The molecule has 2 aromatic carbocycles. The summed E-state index contributed by atoms with van der Waals surface area (Å²) in [7, 11) is 1.61. The number of carbonyl (C=O) groups excluding carboxylic acids is 1. The van der Waals surface area contributed by atoms with E-state index >= 15 is 0 Å². The van der Waals surface area contributed by atoms with Gasteiger partial charge in [0.05, 0.1) is 6.61 Å². The molecule has 234 valence electrons. The third-order valence-corrected chi connectivity index (χ3v) is 7.44. The molecule has 0 N–H and O–H groups in total. The van der Waals surface area contributed by atoms with Gasteiger partial charge in [-0.1, -0.05) is 75.1 Å². The van der Waals surface area contributed by atoms with E-state index in [1.54, 1.807) is 27.8 Å². The van der Waals surface area contributed by atoms with Crippen LogP contribution in [-0.4, -0.2) is 45.6 Å². The van der Waals surface area contributed by atoms with E-state index in [-0.39, 0.29) is 11.2 Å². The maximum atomic E-state index is 13.6. The first-order valence-corrected chi connectivity index (χ1v) is 15.6. The van der Waals surface area contributed by atoms with Crippen LogP contribution < -0.4 is 20.9 Å². The van der Waals surface area contributed by atoms with Crippen LogP contribution in [0.2, 0.25) is 0 Å². The molecule has 0 radical (unpaired) electrons. The fraction of sp³-hybridized carbons (Fsp3) is 0.529. The molecular formula is C34H48N4O5. The van der Waals surface area contributed by atoms with Crippen molar-refractivity contribution < 1.29 is 14.3 Å². The number of anilines is 1. The van der Waals surface area contributed by atoms with Crippen molar-refractivity contribution in [1.29, 1.82) is 0 Å². The highest BCUT2D eigenvalue weighted by Crippen LogP contribution is 2.21. The third-order valence-electron chi connectivity index (χ3n) is 7.44. The second-order valence-electron chi connectivity index (χ2n) is 11.4. The number of ether oxygens (including phenoxy) is 2. The Morgan fingerprint density at radius 3 is 2.21 bits per heavy atom. The normalized spacial score (nSPS) is 11.4. The Morgan fingerprint density at radius 2 is 1.53 bits per heavy atom. The van der Waals surface area contributed by atoms with Crippen molar-refractivity contribution in [2.75, 3.05) is 24.6 Å². The Hall–Kier alpha value is -3.88. The minimum atomic E-state index is -1.10. The van der Waals surface area contributed by atoms with E-state index in [0.717, 1.165) is 50.5 Å². The fourth-order valence-corrected chi connectivity index (χ4v) is 4.95. The zero-order valence-electron chi connectivity index (χ0n) is 26.5. The quantitative estimate of drug-likeness (QED) is 0.146. The number of carbonyl (C=O) groups is 1.